The molecule has 0 fully saturated rings. The molecule has 21 heavy (non-hydrogen) atoms. The molecule has 3 aromatic rings. The molecule has 0 atom stereocenters. The van der Waals surface area contributed by atoms with Gasteiger partial charge in [0.05, 0.1) is 0 Å². The Kier molecular flexibility index (Phi) is 5.56. The third kappa shape index (κ3) is 3.71. The molecule has 0 heterocycles. The van der Waals surface area contributed by atoms with Gasteiger partial charge < -0.3 is 10.6 Å². The fourth-order valence-corrected chi connectivity index (χ4v) is 2.18. The molecule has 0 aromatic heterocycles. The Morgan fingerprint density at radius 3 is 0.952 bits per heavy atom. The van der Waals surface area contributed by atoms with Crippen molar-refractivity contribution in [2.75, 3.05) is 11.9 Å². The van der Waals surface area contributed by atoms with Gasteiger partial charge in [0.15, 0.2) is 0 Å². The van der Waals surface area contributed by atoms with Crippen molar-refractivity contribution in [1.82, 2.24) is 0 Å². The van der Waals surface area contributed by atoms with E-state index in [2.05, 4.69) is 83.4 Å². The summed E-state index contributed by atoms with van der Waals surface area (Å²) in [6, 6.07) is 31.3. The Hall–Kier alpha value is -2.58. The third-order valence-electron chi connectivity index (χ3n) is 3.04. The Morgan fingerprint density at radius 2 is 0.714 bits per heavy atom. The van der Waals surface area contributed by atoms with Crippen molar-refractivity contribution >= 4 is 17.1 Å². The molecule has 0 saturated carbocycles. The van der Waals surface area contributed by atoms with Crippen LogP contribution in [0.4, 0.5) is 17.1 Å². The molecule has 0 aliphatic heterocycles. The predicted molar refractivity (Wildman–Crippen MR) is 91.2 cm³/mol. The maximum atomic E-state index is 4.50. The zero-order valence-corrected chi connectivity index (χ0v) is 12.2. The first-order valence-corrected chi connectivity index (χ1v) is 6.98. The van der Waals surface area contributed by atoms with Crippen LogP contribution < -0.4 is 10.6 Å². The van der Waals surface area contributed by atoms with Crippen molar-refractivity contribution in [1.29, 1.82) is 0 Å². The molecule has 0 bridgehead atoms. The maximum absolute atomic E-state index is 4.50. The van der Waals surface area contributed by atoms with Crippen LogP contribution in [0, 0.1) is 0 Å². The van der Waals surface area contributed by atoms with Crippen molar-refractivity contribution in [3.05, 3.63) is 91.0 Å². The first-order valence-electron chi connectivity index (χ1n) is 6.98. The summed E-state index contributed by atoms with van der Waals surface area (Å²) < 4.78 is 0. The van der Waals surface area contributed by atoms with Crippen LogP contribution in [-0.4, -0.2) is 7.05 Å². The van der Waals surface area contributed by atoms with E-state index in [0.717, 1.165) is 0 Å². The van der Waals surface area contributed by atoms with E-state index in [-0.39, 0.29) is 0 Å². The van der Waals surface area contributed by atoms with E-state index in [1.54, 1.807) is 0 Å². The molecule has 2 N–H and O–H groups in total. The summed E-state index contributed by atoms with van der Waals surface area (Å²) in [7, 11) is 1.50. The molecule has 0 spiro atoms. The van der Waals surface area contributed by atoms with Gasteiger partial charge in [-0.1, -0.05) is 54.6 Å². The Bertz CT molecular complexity index is 528. The lowest BCUT2D eigenvalue weighted by Crippen LogP contribution is -2.09. The summed E-state index contributed by atoms with van der Waals surface area (Å²) in [6.07, 6.45) is 0. The highest BCUT2D eigenvalue weighted by atomic mass is 15.1. The first-order chi connectivity index (χ1) is 10.4. The van der Waals surface area contributed by atoms with Gasteiger partial charge in [0.25, 0.3) is 0 Å². The number of para-hydroxylation sites is 3. The largest absolute Gasteiger partial charge is 0.333 e. The van der Waals surface area contributed by atoms with Crippen LogP contribution in [0.3, 0.4) is 0 Å². The zero-order valence-electron chi connectivity index (χ0n) is 12.2. The molecule has 0 aliphatic carbocycles. The van der Waals surface area contributed by atoms with Crippen LogP contribution >= 0.6 is 0 Å². The number of rotatable bonds is 3. The summed E-state index contributed by atoms with van der Waals surface area (Å²) in [5.74, 6) is 0. The smallest absolute Gasteiger partial charge is 0.0461 e. The van der Waals surface area contributed by atoms with Crippen LogP contribution in [0.1, 0.15) is 0 Å². The van der Waals surface area contributed by atoms with Crippen molar-refractivity contribution in [3.8, 4) is 0 Å². The second-order valence-corrected chi connectivity index (χ2v) is 4.34. The topological polar surface area (TPSA) is 29.3 Å². The molecule has 106 valence electrons. The average Bonchev–Trinajstić information content (AvgIpc) is 2.60. The summed E-state index contributed by atoms with van der Waals surface area (Å²) in [6.45, 7) is 0. The highest BCUT2D eigenvalue weighted by molar-refractivity contribution is 5.76. The van der Waals surface area contributed by atoms with Gasteiger partial charge in [-0.25, -0.2) is 0 Å². The number of hydrogen-bond donors (Lipinski definition) is 1. The number of hydrogen-bond acceptors (Lipinski definition) is 2. The van der Waals surface area contributed by atoms with Gasteiger partial charge in [0.2, 0.25) is 0 Å². The van der Waals surface area contributed by atoms with Crippen LogP contribution in [-0.2, 0) is 0 Å². The third-order valence-corrected chi connectivity index (χ3v) is 3.04. The average molecular weight is 276 g/mol. The predicted octanol–water partition coefficient (Wildman–Crippen LogP) is 4.73. The lowest BCUT2D eigenvalue weighted by molar-refractivity contribution is 1.28. The molecule has 0 unspecified atom stereocenters. The van der Waals surface area contributed by atoms with Crippen LogP contribution in [0.2, 0.25) is 0 Å². The fraction of sp³-hybridized carbons (Fsp3) is 0.0526. The van der Waals surface area contributed by atoms with Crippen molar-refractivity contribution in [2.24, 2.45) is 5.73 Å². The fourth-order valence-electron chi connectivity index (χ4n) is 2.18. The second-order valence-electron chi connectivity index (χ2n) is 4.34. The van der Waals surface area contributed by atoms with Crippen molar-refractivity contribution < 1.29 is 0 Å². The quantitative estimate of drug-likeness (QED) is 0.749. The van der Waals surface area contributed by atoms with Gasteiger partial charge in [-0.15, -0.1) is 0 Å². The van der Waals surface area contributed by atoms with Crippen molar-refractivity contribution in [3.63, 3.8) is 0 Å². The van der Waals surface area contributed by atoms with Gasteiger partial charge in [-0.2, -0.15) is 0 Å². The molecule has 3 aromatic carbocycles. The van der Waals surface area contributed by atoms with Gasteiger partial charge in [-0.3, -0.25) is 0 Å². The monoisotopic (exact) mass is 276 g/mol. The number of nitrogens with two attached hydrogens (primary N) is 1. The minimum Gasteiger partial charge on any atom is -0.333 e. The van der Waals surface area contributed by atoms with Crippen molar-refractivity contribution in [2.45, 2.75) is 0 Å². The van der Waals surface area contributed by atoms with Gasteiger partial charge >= 0.3 is 0 Å². The van der Waals surface area contributed by atoms with E-state index in [9.17, 15) is 0 Å². The van der Waals surface area contributed by atoms with E-state index in [1.807, 2.05) is 18.2 Å². The molecular weight excluding hydrogens is 256 g/mol. The summed E-state index contributed by atoms with van der Waals surface area (Å²) >= 11 is 0. The second kappa shape index (κ2) is 7.88. The molecule has 0 aliphatic rings. The highest BCUT2D eigenvalue weighted by Crippen LogP contribution is 2.33. The number of benzene rings is 3. The summed E-state index contributed by atoms with van der Waals surface area (Å²) in [5, 5.41) is 0. The summed E-state index contributed by atoms with van der Waals surface area (Å²) in [5.41, 5.74) is 8.00. The van der Waals surface area contributed by atoms with E-state index < -0.39 is 0 Å². The Morgan fingerprint density at radius 1 is 0.476 bits per heavy atom. The van der Waals surface area contributed by atoms with Gasteiger partial charge in [-0.05, 0) is 43.4 Å². The first kappa shape index (κ1) is 14.8. The normalized spacial score (nSPS) is 9.43. The molecule has 0 saturated heterocycles. The van der Waals surface area contributed by atoms with Gasteiger partial charge in [0, 0.05) is 17.1 Å². The standard InChI is InChI=1S/C18H15N.CH5N/c1-4-10-16(11-5-1)19(17-12-6-2-7-13-17)18-14-8-3-9-15-18;1-2/h1-15H;2H2,1H3. The maximum Gasteiger partial charge on any atom is 0.0461 e. The lowest BCUT2D eigenvalue weighted by atomic mass is 10.2. The zero-order chi connectivity index (χ0) is 14.9. The highest BCUT2D eigenvalue weighted by Gasteiger charge is 2.10. The van der Waals surface area contributed by atoms with Crippen LogP contribution in [0.5, 0.6) is 0 Å². The minimum atomic E-state index is 1.17. The molecular formula is C19H20N2. The molecule has 0 radical (unpaired) electrons. The minimum absolute atomic E-state index is 1.17. The van der Waals surface area contributed by atoms with Crippen LogP contribution in [0.15, 0.2) is 91.0 Å². The summed E-state index contributed by atoms with van der Waals surface area (Å²) in [4.78, 5) is 2.25. The van der Waals surface area contributed by atoms with E-state index >= 15 is 0 Å². The number of nitrogens with zero attached hydrogens (tertiary/aromatic N) is 1. The lowest BCUT2D eigenvalue weighted by Gasteiger charge is -2.25. The molecule has 0 amide bonds. The number of anilines is 3. The van der Waals surface area contributed by atoms with Crippen LogP contribution in [0.25, 0.3) is 0 Å². The van der Waals surface area contributed by atoms with Gasteiger partial charge in [0.1, 0.15) is 0 Å². The Balaban J connectivity index is 0.000000774. The molecule has 2 nitrogen and oxygen atoms in total. The van der Waals surface area contributed by atoms with E-state index in [4.69, 9.17) is 0 Å². The molecule has 2 heteroatoms. The Labute approximate surface area is 126 Å². The SMILES string of the molecule is CN.c1ccc(N(c2ccccc2)c2ccccc2)cc1. The van der Waals surface area contributed by atoms with E-state index in [0.29, 0.717) is 0 Å². The molecule has 3 rings (SSSR count). The van der Waals surface area contributed by atoms with E-state index in [1.165, 1.54) is 24.1 Å².